The van der Waals surface area contributed by atoms with E-state index in [1.807, 2.05) is 6.07 Å². The van der Waals surface area contributed by atoms with E-state index in [9.17, 15) is 4.39 Å². The number of benzene rings is 2. The maximum Gasteiger partial charge on any atom is 0.171 e. The van der Waals surface area contributed by atoms with Gasteiger partial charge in [-0.3, -0.25) is 0 Å². The standard InChI is InChI=1S/C20H26FN3S/c1-5-15-7-9-16(10-8-15)19(24(3)4)13-22-20(25)23-17-11-6-14(2)18(21)12-17/h6-12,19H,5,13H2,1-4H3,(H2,22,23,25)/p+1/t19-/m0/s1. The highest BCUT2D eigenvalue weighted by Gasteiger charge is 2.18. The molecule has 0 unspecified atom stereocenters. The Hall–Kier alpha value is -1.98. The van der Waals surface area contributed by atoms with Gasteiger partial charge < -0.3 is 15.5 Å². The van der Waals surface area contributed by atoms with Gasteiger partial charge >= 0.3 is 0 Å². The number of quaternary nitrogens is 1. The third-order valence-corrected chi connectivity index (χ3v) is 4.63. The predicted octanol–water partition coefficient (Wildman–Crippen LogP) is 2.87. The first-order valence-electron chi connectivity index (χ1n) is 8.60. The number of rotatable bonds is 6. The lowest BCUT2D eigenvalue weighted by atomic mass is 10.0. The molecule has 3 nitrogen and oxygen atoms in total. The molecule has 0 fully saturated rings. The maximum absolute atomic E-state index is 13.6. The van der Waals surface area contributed by atoms with Gasteiger partial charge in [-0.1, -0.05) is 37.3 Å². The molecule has 134 valence electrons. The molecule has 0 aliphatic carbocycles. The second kappa shape index (κ2) is 8.92. The van der Waals surface area contributed by atoms with E-state index in [1.54, 1.807) is 13.0 Å². The smallest absolute Gasteiger partial charge is 0.171 e. The molecule has 0 saturated heterocycles. The van der Waals surface area contributed by atoms with E-state index in [0.717, 1.165) is 6.42 Å². The quantitative estimate of drug-likeness (QED) is 0.692. The Balaban J connectivity index is 1.97. The number of nitrogens with one attached hydrogen (secondary N) is 3. The number of hydrogen-bond acceptors (Lipinski definition) is 1. The van der Waals surface area contributed by atoms with Gasteiger partial charge in [0.2, 0.25) is 0 Å². The van der Waals surface area contributed by atoms with Gasteiger partial charge in [0.05, 0.1) is 20.6 Å². The topological polar surface area (TPSA) is 28.5 Å². The van der Waals surface area contributed by atoms with Crippen LogP contribution in [0.15, 0.2) is 42.5 Å². The summed E-state index contributed by atoms with van der Waals surface area (Å²) in [7, 11) is 4.26. The first kappa shape index (κ1) is 19.3. The van der Waals surface area contributed by atoms with Crippen LogP contribution in [-0.2, 0) is 6.42 Å². The van der Waals surface area contributed by atoms with Crippen LogP contribution in [0, 0.1) is 12.7 Å². The fraction of sp³-hybridized carbons (Fsp3) is 0.350. The molecule has 0 radical (unpaired) electrons. The highest BCUT2D eigenvalue weighted by atomic mass is 32.1. The SMILES string of the molecule is CCc1ccc([C@H](CNC(=S)Nc2ccc(C)c(F)c2)[NH+](C)C)cc1. The summed E-state index contributed by atoms with van der Waals surface area (Å²) < 4.78 is 13.6. The second-order valence-electron chi connectivity index (χ2n) is 6.52. The van der Waals surface area contributed by atoms with Crippen molar-refractivity contribution in [3.05, 3.63) is 65.0 Å². The first-order chi connectivity index (χ1) is 11.9. The zero-order chi connectivity index (χ0) is 18.4. The minimum absolute atomic E-state index is 0.237. The highest BCUT2D eigenvalue weighted by molar-refractivity contribution is 7.80. The average Bonchev–Trinajstić information content (AvgIpc) is 2.58. The normalized spacial score (nSPS) is 12.1. The van der Waals surface area contributed by atoms with Crippen LogP contribution in [-0.4, -0.2) is 25.8 Å². The third kappa shape index (κ3) is 5.51. The molecular formula is C20H27FN3S+. The van der Waals surface area contributed by atoms with E-state index in [4.69, 9.17) is 12.2 Å². The number of anilines is 1. The van der Waals surface area contributed by atoms with E-state index in [2.05, 4.69) is 55.9 Å². The molecule has 2 aromatic rings. The molecule has 0 aromatic heterocycles. The molecule has 5 heteroatoms. The summed E-state index contributed by atoms with van der Waals surface area (Å²) in [6.45, 7) is 4.60. The lowest BCUT2D eigenvalue weighted by molar-refractivity contribution is -0.890. The molecule has 1 atom stereocenters. The van der Waals surface area contributed by atoms with Crippen molar-refractivity contribution in [3.63, 3.8) is 0 Å². The molecular weight excluding hydrogens is 333 g/mol. The van der Waals surface area contributed by atoms with Gasteiger partial charge in [0.25, 0.3) is 0 Å². The lowest BCUT2D eigenvalue weighted by Crippen LogP contribution is -3.07. The van der Waals surface area contributed by atoms with E-state index < -0.39 is 0 Å². The Kier molecular flexibility index (Phi) is 6.91. The molecule has 25 heavy (non-hydrogen) atoms. The molecule has 0 amide bonds. The monoisotopic (exact) mass is 360 g/mol. The van der Waals surface area contributed by atoms with Crippen LogP contribution < -0.4 is 15.5 Å². The number of likely N-dealkylation sites (N-methyl/N-ethyl adjacent to an activating group) is 1. The summed E-state index contributed by atoms with van der Waals surface area (Å²) in [4.78, 5) is 1.32. The zero-order valence-electron chi connectivity index (χ0n) is 15.3. The number of halogens is 1. The minimum atomic E-state index is -0.237. The predicted molar refractivity (Wildman–Crippen MR) is 107 cm³/mol. The molecule has 0 aliphatic heterocycles. The van der Waals surface area contributed by atoms with Crippen LogP contribution in [0.3, 0.4) is 0 Å². The van der Waals surface area contributed by atoms with Crippen molar-refractivity contribution in [1.82, 2.24) is 5.32 Å². The molecule has 3 N–H and O–H groups in total. The largest absolute Gasteiger partial charge is 0.356 e. The minimum Gasteiger partial charge on any atom is -0.356 e. The average molecular weight is 361 g/mol. The Labute approximate surface area is 155 Å². The van der Waals surface area contributed by atoms with E-state index in [1.165, 1.54) is 22.1 Å². The summed E-state index contributed by atoms with van der Waals surface area (Å²) in [5.41, 5.74) is 3.88. The van der Waals surface area contributed by atoms with Crippen molar-refractivity contribution in [2.75, 3.05) is 26.0 Å². The summed E-state index contributed by atoms with van der Waals surface area (Å²) in [5.74, 6) is -0.237. The van der Waals surface area contributed by atoms with E-state index in [-0.39, 0.29) is 11.9 Å². The number of hydrogen-bond donors (Lipinski definition) is 3. The molecule has 2 aromatic carbocycles. The van der Waals surface area contributed by atoms with Gasteiger partial charge in [-0.2, -0.15) is 0 Å². The Bertz CT molecular complexity index is 713. The van der Waals surface area contributed by atoms with Gasteiger partial charge in [-0.05, 0) is 48.8 Å². The van der Waals surface area contributed by atoms with E-state index in [0.29, 0.717) is 22.9 Å². The first-order valence-corrected chi connectivity index (χ1v) is 9.01. The molecule has 0 bridgehead atoms. The molecule has 2 rings (SSSR count). The van der Waals surface area contributed by atoms with Crippen LogP contribution >= 0.6 is 12.2 Å². The fourth-order valence-corrected chi connectivity index (χ4v) is 2.88. The van der Waals surface area contributed by atoms with Crippen LogP contribution in [0.25, 0.3) is 0 Å². The van der Waals surface area contributed by atoms with Gasteiger partial charge in [-0.15, -0.1) is 0 Å². The summed E-state index contributed by atoms with van der Waals surface area (Å²) >= 11 is 5.35. The fourth-order valence-electron chi connectivity index (χ4n) is 2.68. The van der Waals surface area contributed by atoms with Gasteiger partial charge in [0, 0.05) is 11.3 Å². The summed E-state index contributed by atoms with van der Waals surface area (Å²) in [6, 6.07) is 14.0. The molecule has 0 heterocycles. The number of thiocarbonyl (C=S) groups is 1. The van der Waals surface area contributed by atoms with Gasteiger partial charge in [-0.25, -0.2) is 4.39 Å². The molecule has 0 saturated carbocycles. The van der Waals surface area contributed by atoms with Crippen molar-refractivity contribution in [1.29, 1.82) is 0 Å². The van der Waals surface area contributed by atoms with E-state index >= 15 is 0 Å². The van der Waals surface area contributed by atoms with Crippen molar-refractivity contribution >= 4 is 23.0 Å². The Morgan fingerprint density at radius 2 is 1.84 bits per heavy atom. The summed E-state index contributed by atoms with van der Waals surface area (Å²) in [5, 5.41) is 6.80. The summed E-state index contributed by atoms with van der Waals surface area (Å²) in [6.07, 6.45) is 1.04. The van der Waals surface area contributed by atoms with Crippen LogP contribution in [0.5, 0.6) is 0 Å². The molecule has 0 spiro atoms. The van der Waals surface area contributed by atoms with Crippen LogP contribution in [0.1, 0.15) is 29.7 Å². The van der Waals surface area contributed by atoms with Crippen molar-refractivity contribution in [2.24, 2.45) is 0 Å². The van der Waals surface area contributed by atoms with Gasteiger partial charge in [0.1, 0.15) is 11.9 Å². The van der Waals surface area contributed by atoms with Crippen molar-refractivity contribution in [3.8, 4) is 0 Å². The zero-order valence-corrected chi connectivity index (χ0v) is 16.1. The van der Waals surface area contributed by atoms with Crippen LogP contribution in [0.2, 0.25) is 0 Å². The van der Waals surface area contributed by atoms with Crippen molar-refractivity contribution in [2.45, 2.75) is 26.3 Å². The maximum atomic E-state index is 13.6. The molecule has 0 aliphatic rings. The third-order valence-electron chi connectivity index (χ3n) is 4.38. The van der Waals surface area contributed by atoms with Gasteiger partial charge in [0.15, 0.2) is 5.11 Å². The highest BCUT2D eigenvalue weighted by Crippen LogP contribution is 2.14. The number of aryl methyl sites for hydroxylation is 2. The Morgan fingerprint density at radius 1 is 1.16 bits per heavy atom. The van der Waals surface area contributed by atoms with Crippen LogP contribution in [0.4, 0.5) is 10.1 Å². The lowest BCUT2D eigenvalue weighted by Gasteiger charge is -2.23. The Morgan fingerprint density at radius 3 is 2.40 bits per heavy atom. The second-order valence-corrected chi connectivity index (χ2v) is 6.93. The van der Waals surface area contributed by atoms with Crippen molar-refractivity contribution < 1.29 is 9.29 Å².